The second kappa shape index (κ2) is 6.92. The molecule has 0 aromatic carbocycles. The number of hydrogen-bond acceptors (Lipinski definition) is 5. The highest BCUT2D eigenvalue weighted by Gasteiger charge is 2.12. The van der Waals surface area contributed by atoms with Crippen molar-refractivity contribution in [2.45, 2.75) is 40.2 Å². The fourth-order valence-corrected chi connectivity index (χ4v) is 1.60. The first-order valence-corrected chi connectivity index (χ1v) is 6.41. The molecule has 0 aliphatic rings. The van der Waals surface area contributed by atoms with Crippen LogP contribution in [-0.4, -0.2) is 40.2 Å². The van der Waals surface area contributed by atoms with Crippen molar-refractivity contribution in [3.8, 4) is 5.88 Å². The molecule has 0 saturated heterocycles. The van der Waals surface area contributed by atoms with E-state index in [2.05, 4.69) is 9.97 Å². The molecule has 0 spiro atoms. The first-order valence-electron chi connectivity index (χ1n) is 6.41. The van der Waals surface area contributed by atoms with Gasteiger partial charge in [0.1, 0.15) is 0 Å². The molecule has 6 heteroatoms. The highest BCUT2D eigenvalue weighted by molar-refractivity contribution is 5.67. The normalized spacial score (nSPS) is 10.6. The second-order valence-corrected chi connectivity index (χ2v) is 4.54. The summed E-state index contributed by atoms with van der Waals surface area (Å²) in [6.07, 6.45) is 0.0992. The van der Waals surface area contributed by atoms with Crippen LogP contribution in [0.5, 0.6) is 5.88 Å². The predicted molar refractivity (Wildman–Crippen MR) is 72.7 cm³/mol. The zero-order valence-electron chi connectivity index (χ0n) is 11.9. The maximum Gasteiger partial charge on any atom is 0.305 e. The number of aryl methyl sites for hydroxylation is 1. The van der Waals surface area contributed by atoms with Crippen LogP contribution >= 0.6 is 0 Å². The van der Waals surface area contributed by atoms with Crippen LogP contribution in [0, 0.1) is 6.92 Å². The molecule has 1 rings (SSSR count). The Balaban J connectivity index is 2.89. The molecule has 0 fully saturated rings. The lowest BCUT2D eigenvalue weighted by Gasteiger charge is -2.21. The highest BCUT2D eigenvalue weighted by atomic mass is 16.5. The van der Waals surface area contributed by atoms with Gasteiger partial charge in [-0.3, -0.25) is 4.79 Å². The molecule has 0 aliphatic heterocycles. The van der Waals surface area contributed by atoms with Gasteiger partial charge >= 0.3 is 5.97 Å². The number of nitrogens with zero attached hydrogens (tertiary/aromatic N) is 3. The summed E-state index contributed by atoms with van der Waals surface area (Å²) in [5.41, 5.74) is 0.800. The molecule has 19 heavy (non-hydrogen) atoms. The van der Waals surface area contributed by atoms with Gasteiger partial charge in [0, 0.05) is 24.8 Å². The first-order chi connectivity index (χ1) is 8.92. The molecule has 0 radical (unpaired) electrons. The largest absolute Gasteiger partial charge is 0.481 e. The Hall–Kier alpha value is -1.85. The Kier molecular flexibility index (Phi) is 5.54. The standard InChI is InChI=1S/C13H21N3O3/c1-5-16(7-6-12(17)18)13-14-10(4)8-11(15-13)19-9(2)3/h8-9H,5-7H2,1-4H3,(H,17,18). The molecule has 0 aliphatic carbocycles. The van der Waals surface area contributed by atoms with Crippen LogP contribution in [0.1, 0.15) is 32.9 Å². The number of carboxylic acids is 1. The van der Waals surface area contributed by atoms with Gasteiger partial charge in [-0.05, 0) is 27.7 Å². The van der Waals surface area contributed by atoms with Crippen LogP contribution in [0.4, 0.5) is 5.95 Å². The summed E-state index contributed by atoms with van der Waals surface area (Å²) in [6, 6.07) is 1.77. The summed E-state index contributed by atoms with van der Waals surface area (Å²) in [4.78, 5) is 21.1. The van der Waals surface area contributed by atoms with Crippen LogP contribution in [0.25, 0.3) is 0 Å². The number of aromatic nitrogens is 2. The Morgan fingerprint density at radius 1 is 1.47 bits per heavy atom. The van der Waals surface area contributed by atoms with Crippen molar-refractivity contribution in [1.82, 2.24) is 9.97 Å². The third-order valence-electron chi connectivity index (χ3n) is 2.44. The van der Waals surface area contributed by atoms with E-state index < -0.39 is 5.97 Å². The maximum atomic E-state index is 10.6. The average molecular weight is 267 g/mol. The SMILES string of the molecule is CCN(CCC(=O)O)c1nc(C)cc(OC(C)C)n1. The first kappa shape index (κ1) is 15.2. The van der Waals surface area contributed by atoms with E-state index >= 15 is 0 Å². The lowest BCUT2D eigenvalue weighted by molar-refractivity contribution is -0.136. The molecule has 0 unspecified atom stereocenters. The number of aliphatic carboxylic acids is 1. The summed E-state index contributed by atoms with van der Waals surface area (Å²) < 4.78 is 5.56. The average Bonchev–Trinajstić information content (AvgIpc) is 2.27. The Morgan fingerprint density at radius 3 is 2.68 bits per heavy atom. The molecule has 0 atom stereocenters. The summed E-state index contributed by atoms with van der Waals surface area (Å²) in [6.45, 7) is 8.70. The molecule has 6 nitrogen and oxygen atoms in total. The minimum absolute atomic E-state index is 0.0382. The topological polar surface area (TPSA) is 75.6 Å². The molecule has 1 aromatic heterocycles. The van der Waals surface area contributed by atoms with E-state index in [0.29, 0.717) is 24.9 Å². The molecule has 0 amide bonds. The minimum atomic E-state index is -0.829. The van der Waals surface area contributed by atoms with Gasteiger partial charge in [-0.2, -0.15) is 4.98 Å². The Labute approximate surface area is 113 Å². The van der Waals surface area contributed by atoms with Gasteiger partial charge in [-0.25, -0.2) is 4.98 Å². The summed E-state index contributed by atoms with van der Waals surface area (Å²) >= 11 is 0. The van der Waals surface area contributed by atoms with Gasteiger partial charge in [-0.1, -0.05) is 0 Å². The van der Waals surface area contributed by atoms with E-state index in [1.807, 2.05) is 32.6 Å². The monoisotopic (exact) mass is 267 g/mol. The third-order valence-corrected chi connectivity index (χ3v) is 2.44. The Bertz CT molecular complexity index is 435. The number of anilines is 1. The van der Waals surface area contributed by atoms with Crippen molar-refractivity contribution < 1.29 is 14.6 Å². The van der Waals surface area contributed by atoms with E-state index in [1.54, 1.807) is 6.07 Å². The zero-order valence-corrected chi connectivity index (χ0v) is 11.9. The van der Waals surface area contributed by atoms with Crippen LogP contribution in [-0.2, 0) is 4.79 Å². The lowest BCUT2D eigenvalue weighted by atomic mass is 10.4. The Morgan fingerprint density at radius 2 is 2.16 bits per heavy atom. The van der Waals surface area contributed by atoms with Crippen molar-refractivity contribution in [1.29, 1.82) is 0 Å². The van der Waals surface area contributed by atoms with Crippen molar-refractivity contribution in [3.05, 3.63) is 11.8 Å². The van der Waals surface area contributed by atoms with E-state index in [-0.39, 0.29) is 12.5 Å². The van der Waals surface area contributed by atoms with Crippen LogP contribution in [0.3, 0.4) is 0 Å². The molecule has 1 aromatic rings. The van der Waals surface area contributed by atoms with Crippen molar-refractivity contribution >= 4 is 11.9 Å². The van der Waals surface area contributed by atoms with Crippen molar-refractivity contribution in [3.63, 3.8) is 0 Å². The number of carbonyl (C=O) groups is 1. The fraction of sp³-hybridized carbons (Fsp3) is 0.615. The molecule has 0 saturated carbocycles. The number of carboxylic acid groups (broad SMARTS) is 1. The van der Waals surface area contributed by atoms with Gasteiger partial charge in [0.25, 0.3) is 0 Å². The zero-order chi connectivity index (χ0) is 14.4. The summed E-state index contributed by atoms with van der Waals surface area (Å²) in [5.74, 6) is 0.204. The van der Waals surface area contributed by atoms with Crippen molar-refractivity contribution in [2.75, 3.05) is 18.0 Å². The highest BCUT2D eigenvalue weighted by Crippen LogP contribution is 2.16. The third kappa shape index (κ3) is 5.11. The predicted octanol–water partition coefficient (Wildman–Crippen LogP) is 1.87. The smallest absolute Gasteiger partial charge is 0.305 e. The summed E-state index contributed by atoms with van der Waals surface area (Å²) in [7, 11) is 0. The van der Waals surface area contributed by atoms with Gasteiger partial charge < -0.3 is 14.7 Å². The minimum Gasteiger partial charge on any atom is -0.481 e. The molecule has 106 valence electrons. The maximum absolute atomic E-state index is 10.6. The lowest BCUT2D eigenvalue weighted by Crippen LogP contribution is -2.28. The van der Waals surface area contributed by atoms with E-state index in [0.717, 1.165) is 5.69 Å². The van der Waals surface area contributed by atoms with Crippen LogP contribution in [0.2, 0.25) is 0 Å². The van der Waals surface area contributed by atoms with Gasteiger partial charge in [0.2, 0.25) is 11.8 Å². The molecular formula is C13H21N3O3. The van der Waals surface area contributed by atoms with Gasteiger partial charge in [0.05, 0.1) is 12.5 Å². The number of rotatable bonds is 7. The van der Waals surface area contributed by atoms with Crippen molar-refractivity contribution in [2.24, 2.45) is 0 Å². The van der Waals surface area contributed by atoms with E-state index in [1.165, 1.54) is 0 Å². The number of hydrogen-bond donors (Lipinski definition) is 1. The second-order valence-electron chi connectivity index (χ2n) is 4.54. The van der Waals surface area contributed by atoms with Gasteiger partial charge in [0.15, 0.2) is 0 Å². The van der Waals surface area contributed by atoms with Crippen LogP contribution in [0.15, 0.2) is 6.07 Å². The van der Waals surface area contributed by atoms with Crippen LogP contribution < -0.4 is 9.64 Å². The molecular weight excluding hydrogens is 246 g/mol. The quantitative estimate of drug-likeness (QED) is 0.813. The fourth-order valence-electron chi connectivity index (χ4n) is 1.60. The molecule has 1 heterocycles. The summed E-state index contributed by atoms with van der Waals surface area (Å²) in [5, 5.41) is 8.74. The van der Waals surface area contributed by atoms with E-state index in [9.17, 15) is 4.79 Å². The molecule has 0 bridgehead atoms. The van der Waals surface area contributed by atoms with Gasteiger partial charge in [-0.15, -0.1) is 0 Å². The molecule has 1 N–H and O–H groups in total. The van der Waals surface area contributed by atoms with E-state index in [4.69, 9.17) is 9.84 Å². The number of ether oxygens (including phenoxy) is 1.